The molecule has 0 unspecified atom stereocenters. The zero-order chi connectivity index (χ0) is 98.9. The van der Waals surface area contributed by atoms with Gasteiger partial charge in [-0.05, 0) is 318 Å². The van der Waals surface area contributed by atoms with Crippen LogP contribution in [0, 0.1) is 0 Å². The van der Waals surface area contributed by atoms with Crippen LogP contribution in [0.5, 0.6) is 0 Å². The molecule has 0 atom stereocenters. The van der Waals surface area contributed by atoms with Crippen molar-refractivity contribution in [1.29, 1.82) is 0 Å². The molecule has 7 aliphatic rings. The molecule has 0 radical (unpaired) electrons. The maximum Gasteiger partial charge on any atom is 0.494 e. The van der Waals surface area contributed by atoms with Crippen molar-refractivity contribution >= 4 is 153 Å². The number of halogens is 5. The lowest BCUT2D eigenvalue weighted by molar-refractivity contribution is 0.00578. The highest BCUT2D eigenvalue weighted by Gasteiger charge is 2.55. The van der Waals surface area contributed by atoms with Gasteiger partial charge in [-0.2, -0.15) is 0 Å². The fraction of sp³-hybridized carbons (Fsp3) is 0.104. The Hall–Kier alpha value is -14.8. The molecule has 4 aliphatic carbocycles. The van der Waals surface area contributed by atoms with Gasteiger partial charge in [0.15, 0.2) is 0 Å². The Morgan fingerprint density at radius 1 is 0.240 bits per heavy atom. The van der Waals surface area contributed by atoms with Crippen LogP contribution >= 0.6 is 62.3 Å². The van der Waals surface area contributed by atoms with Gasteiger partial charge in [0.1, 0.15) is 0 Å². The van der Waals surface area contributed by atoms with Gasteiger partial charge in [0.05, 0.1) is 66.8 Å². The second kappa shape index (κ2) is 33.6. The van der Waals surface area contributed by atoms with Crippen LogP contribution in [0.25, 0.3) is 133 Å². The Bertz CT molecular complexity index is 9130. The highest BCUT2D eigenvalue weighted by Crippen LogP contribution is 2.66. The normalized spacial score (nSPS) is 15.1. The van der Waals surface area contributed by atoms with Gasteiger partial charge < -0.3 is 28.2 Å². The van der Waals surface area contributed by atoms with Crippen molar-refractivity contribution in [3.63, 3.8) is 0 Å². The lowest BCUT2D eigenvalue weighted by atomic mass is 9.65. The molecule has 0 N–H and O–H groups in total. The lowest BCUT2D eigenvalue weighted by Crippen LogP contribution is -2.41. The molecule has 0 bridgehead atoms. The maximum atomic E-state index is 7.24. The molecule has 0 amide bonds. The number of hydrogen-bond donors (Lipinski definition) is 0. The van der Waals surface area contributed by atoms with E-state index in [-0.39, 0.29) is 22.0 Å². The number of nitrogens with zero attached hydrogens (tertiary/aromatic N) is 4. The molecule has 2 aromatic heterocycles. The molecular weight excluding hydrogens is 1930 g/mol. The standard InChI is InChI=1S/C64H42Cl2N2.C39H38BNO2.C31H16BrCl2N/c1-63(2)53-20-10-6-17-47(53)50-31-30-45(38-56(50)63)67(59-23-13-9-16-46(59)40-14-4-3-5-15-40)44-28-24-39(25-29-44)41-26-32-61-57(34-41)64(54-21-11-7-18-48(54)49-19-8-12-22-55(49)64)58-37-43(66)36-52-51-35-42(65)27-33-60(51)68(61)62(52)58;1-37(2)34-18-12-10-17-32(34)33-25-24-30(26-35(33)37)41(36-19-13-11-16-31(36)27-14-8-7-9-15-27)29-22-20-28(21-23-29)40-42-38(3,4)39(5,6)43-40;32-17-9-11-29-26(13-17)31(24-7-3-1-5-20(24)21-6-2-4-8-25(21)31)27-16-19(34)15-23-22-14-18(33)10-12-28(22)35(29)30(23)27/h3-38H,1-2H3;7-26H,1-6H3;1-16H. The van der Waals surface area contributed by atoms with Gasteiger partial charge in [-0.15, -0.1) is 0 Å². The first-order chi connectivity index (χ1) is 71.0. The van der Waals surface area contributed by atoms with Gasteiger partial charge >= 0.3 is 7.12 Å². The number of fused-ring (bicyclic) bond motifs is 30. The minimum absolute atomic E-state index is 0.0901. The smallest absolute Gasteiger partial charge is 0.399 e. The van der Waals surface area contributed by atoms with Crippen molar-refractivity contribution in [3.05, 3.63) is 528 Å². The van der Waals surface area contributed by atoms with Crippen molar-refractivity contribution in [3.8, 4) is 89.3 Å². The number of rotatable bonds is 10. The van der Waals surface area contributed by atoms with E-state index in [9.17, 15) is 0 Å². The summed E-state index contributed by atoms with van der Waals surface area (Å²) < 4.78 is 18.6. The van der Waals surface area contributed by atoms with Crippen molar-refractivity contribution in [2.75, 3.05) is 9.80 Å². The van der Waals surface area contributed by atoms with Crippen molar-refractivity contribution in [2.24, 2.45) is 0 Å². The monoisotopic (exact) mass is 2020 g/mol. The van der Waals surface area contributed by atoms with E-state index < -0.39 is 17.9 Å². The van der Waals surface area contributed by atoms with Crippen molar-refractivity contribution in [1.82, 2.24) is 9.13 Å². The van der Waals surface area contributed by atoms with Gasteiger partial charge in [0, 0.05) is 90.8 Å². The number of aromatic nitrogens is 2. The summed E-state index contributed by atoms with van der Waals surface area (Å²) in [5.41, 5.74) is 45.2. The van der Waals surface area contributed by atoms with Gasteiger partial charge in [-0.3, -0.25) is 0 Å². The lowest BCUT2D eigenvalue weighted by Gasteiger charge is -2.40. The van der Waals surface area contributed by atoms with Crippen molar-refractivity contribution in [2.45, 2.75) is 88.3 Å². The summed E-state index contributed by atoms with van der Waals surface area (Å²) in [5.74, 6) is 0. The van der Waals surface area contributed by atoms with E-state index in [1.54, 1.807) is 0 Å². The summed E-state index contributed by atoms with van der Waals surface area (Å²) in [6.45, 7) is 17.8. The largest absolute Gasteiger partial charge is 0.494 e. The highest BCUT2D eigenvalue weighted by atomic mass is 79.9. The summed E-state index contributed by atoms with van der Waals surface area (Å²) >= 11 is 31.2. The van der Waals surface area contributed by atoms with Crippen LogP contribution < -0.4 is 15.3 Å². The fourth-order valence-electron chi connectivity index (χ4n) is 25.5. The molecule has 0 saturated carbocycles. The van der Waals surface area contributed by atoms with Gasteiger partial charge in [0.2, 0.25) is 0 Å². The second-order valence-electron chi connectivity index (χ2n) is 41.7. The van der Waals surface area contributed by atoms with E-state index in [2.05, 4.69) is 515 Å². The third-order valence-electron chi connectivity index (χ3n) is 32.8. The van der Waals surface area contributed by atoms with Crippen LogP contribution in [0.2, 0.25) is 20.1 Å². The van der Waals surface area contributed by atoms with Crippen LogP contribution in [-0.2, 0) is 31.0 Å². The Labute approximate surface area is 879 Å². The molecule has 20 aromatic carbocycles. The number of anilines is 6. The molecule has 12 heteroatoms. The topological polar surface area (TPSA) is 34.8 Å². The second-order valence-corrected chi connectivity index (χ2v) is 44.4. The highest BCUT2D eigenvalue weighted by molar-refractivity contribution is 9.10. The zero-order valence-electron chi connectivity index (χ0n) is 81.6. The van der Waals surface area contributed by atoms with E-state index in [1.807, 2.05) is 12.1 Å². The fourth-order valence-corrected chi connectivity index (χ4v) is 26.7. The Balaban J connectivity index is 0.000000116. The summed E-state index contributed by atoms with van der Waals surface area (Å²) in [6, 6.07) is 159. The Morgan fingerprint density at radius 2 is 0.568 bits per heavy atom. The maximum absolute atomic E-state index is 7.24. The molecule has 29 rings (SSSR count). The van der Waals surface area contributed by atoms with Gasteiger partial charge in [0.25, 0.3) is 0 Å². The summed E-state index contributed by atoms with van der Waals surface area (Å²) in [4.78, 5) is 4.82. The molecule has 5 heterocycles. The van der Waals surface area contributed by atoms with Gasteiger partial charge in [-0.1, -0.05) is 375 Å². The third kappa shape index (κ3) is 13.4. The number of hydrogen-bond acceptors (Lipinski definition) is 4. The minimum atomic E-state index is -0.630. The molecule has 146 heavy (non-hydrogen) atoms. The molecule has 1 fully saturated rings. The first-order valence-corrected chi connectivity index (χ1v) is 52.4. The summed E-state index contributed by atoms with van der Waals surface area (Å²) in [7, 11) is -0.400. The quantitative estimate of drug-likeness (QED) is 0.128. The van der Waals surface area contributed by atoms with Crippen molar-refractivity contribution < 1.29 is 9.31 Å². The molecule has 1 saturated heterocycles. The summed E-state index contributed by atoms with van der Waals surface area (Å²) in [6.07, 6.45) is 0. The SMILES string of the molecule is CC1(C)c2ccccc2-c2ccc(N(c3ccc(-c4ccc5c(c4)C4(c6ccccc6-c6ccccc64)c4cc(Cl)cc6c7cc(Cl)ccc7n-5c46)cc3)c3ccccc3-c3ccccc3)cc21.CC1(C)c2ccccc2-c2ccc(N(c3ccc(B4OC(C)(C)C(C)(C)O4)cc3)c3ccccc3-c3ccccc3)cc21.Clc1ccc2c(c1)c1cc(Cl)cc3c1n2-c1ccc(Br)cc1C31c2ccccc2-c2ccccc21. The van der Waals surface area contributed by atoms with Crippen LogP contribution in [0.1, 0.15) is 122 Å². The van der Waals surface area contributed by atoms with Crippen LogP contribution in [0.15, 0.2) is 441 Å². The Kier molecular flexibility index (Phi) is 20.7. The zero-order valence-corrected chi connectivity index (χ0v) is 86.3. The molecule has 22 aromatic rings. The van der Waals surface area contributed by atoms with E-state index in [0.717, 1.165) is 109 Å². The number of benzene rings is 20. The number of para-hydroxylation sites is 2. The van der Waals surface area contributed by atoms with E-state index >= 15 is 0 Å². The van der Waals surface area contributed by atoms with Crippen LogP contribution in [-0.4, -0.2) is 27.5 Å². The third-order valence-corrected chi connectivity index (χ3v) is 34.2. The van der Waals surface area contributed by atoms with Crippen LogP contribution in [0.4, 0.5) is 34.1 Å². The molecular formula is C134H96BBrCl4N4O2. The predicted molar refractivity (Wildman–Crippen MR) is 614 cm³/mol. The summed E-state index contributed by atoms with van der Waals surface area (Å²) in [5, 5.41) is 7.29. The van der Waals surface area contributed by atoms with E-state index in [4.69, 9.17) is 55.7 Å². The van der Waals surface area contributed by atoms with E-state index in [0.29, 0.717) is 10.0 Å². The molecule has 702 valence electrons. The average molecular weight is 2030 g/mol. The molecule has 3 aliphatic heterocycles. The average Bonchev–Trinajstić information content (AvgIpc) is 1.49. The van der Waals surface area contributed by atoms with E-state index in [1.165, 1.54) is 145 Å². The molecule has 6 nitrogen and oxygen atoms in total. The molecule has 2 spiro atoms. The Morgan fingerprint density at radius 3 is 0.986 bits per heavy atom. The van der Waals surface area contributed by atoms with Gasteiger partial charge in [-0.25, -0.2) is 0 Å². The first kappa shape index (κ1) is 90.0. The predicted octanol–water partition coefficient (Wildman–Crippen LogP) is 36.8. The van der Waals surface area contributed by atoms with Crippen LogP contribution in [0.3, 0.4) is 0 Å². The first-order valence-electron chi connectivity index (χ1n) is 50.1. The minimum Gasteiger partial charge on any atom is -0.399 e.